The van der Waals surface area contributed by atoms with Crippen molar-refractivity contribution in [1.29, 1.82) is 0 Å². The number of rotatable bonds is 17. The van der Waals surface area contributed by atoms with Crippen molar-refractivity contribution in [2.24, 2.45) is 0 Å². The summed E-state index contributed by atoms with van der Waals surface area (Å²) in [7, 11) is 0. The van der Waals surface area contributed by atoms with Crippen molar-refractivity contribution in [2.75, 3.05) is 21.3 Å². The van der Waals surface area contributed by atoms with Crippen LogP contribution in [-0.4, -0.2) is 122 Å². The second-order valence-electron chi connectivity index (χ2n) is 25.4. The molecule has 0 radical (unpaired) electrons. The van der Waals surface area contributed by atoms with Gasteiger partial charge in [-0.05, 0) is 172 Å². The number of carboxylic acids is 1. The number of esters is 2. The molecule has 0 aliphatic heterocycles. The molecule has 0 unspecified atom stereocenters. The lowest BCUT2D eigenvalue weighted by Gasteiger charge is -2.25. The molecule has 0 saturated carbocycles. The Hall–Kier alpha value is -10.5. The first-order valence-corrected chi connectivity index (χ1v) is 29.5. The fourth-order valence-corrected chi connectivity index (χ4v) is 8.21. The molecule has 27 nitrogen and oxygen atoms in total. The quantitative estimate of drug-likeness (QED) is 0.0496. The summed E-state index contributed by atoms with van der Waals surface area (Å²) in [6, 6.07) is 3.16. The summed E-state index contributed by atoms with van der Waals surface area (Å²) < 4.78 is 169. The van der Waals surface area contributed by atoms with Crippen molar-refractivity contribution < 1.29 is 126 Å². The molecule has 0 saturated heterocycles. The number of nitrogen functional groups attached to an aromatic ring is 2. The predicted octanol–water partition coefficient (Wildman–Crippen LogP) is 1.13. The number of halogens is 8. The van der Waals surface area contributed by atoms with Crippen LogP contribution in [0.4, 0.5) is 49.6 Å². The number of H-pyrrole nitrogens is 3. The van der Waals surface area contributed by atoms with Crippen LogP contribution in [0.3, 0.4) is 0 Å². The smallest absolute Gasteiger partial charge is 0.471 e. The van der Waals surface area contributed by atoms with Gasteiger partial charge in [0, 0.05) is 29.8 Å². The number of aromatic amines is 3. The molecule has 4 aromatic heterocycles. The number of hydrogen-bond donors (Lipinski definition) is 7. The van der Waals surface area contributed by atoms with Crippen LogP contribution < -0.4 is 82.7 Å². The monoisotopic (exact) mass is 1460 g/mol. The van der Waals surface area contributed by atoms with Crippen molar-refractivity contribution in [3.8, 4) is 11.5 Å². The molecule has 12 N–H and O–H groups in total. The van der Waals surface area contributed by atoms with E-state index >= 15 is 0 Å². The lowest BCUT2D eigenvalue weighted by atomic mass is 10.0. The zero-order valence-electron chi connectivity index (χ0n) is 64.1. The summed E-state index contributed by atoms with van der Waals surface area (Å²) in [5, 5.41) is 11.4. The maximum Gasteiger partial charge on any atom is 0.471 e. The first kappa shape index (κ1) is 70.3. The number of carboxylic acid groups (broad SMARTS) is 1. The molecule has 8 aromatic rings. The molecule has 3 amide bonds. The fraction of sp³-hybridized carbons (Fsp3) is 0.364. The fourth-order valence-electron chi connectivity index (χ4n) is 8.21. The maximum absolute atomic E-state index is 13.7. The number of aromatic nitrogens is 8. The van der Waals surface area contributed by atoms with E-state index in [1.54, 1.807) is 83.1 Å². The van der Waals surface area contributed by atoms with Crippen LogP contribution in [0.15, 0.2) is 119 Å². The minimum Gasteiger partial charge on any atom is -1.00 e. The van der Waals surface area contributed by atoms with Gasteiger partial charge in [-0.3, -0.25) is 43.7 Å². The minimum atomic E-state index is -5.33. The van der Waals surface area contributed by atoms with E-state index in [2.05, 4.69) is 50.9 Å². The van der Waals surface area contributed by atoms with Crippen LogP contribution in [0.5, 0.6) is 11.5 Å². The third-order valence-corrected chi connectivity index (χ3v) is 12.2. The molecule has 0 aliphatic carbocycles. The number of hydrogen-bond acceptors (Lipinski definition) is 19. The van der Waals surface area contributed by atoms with Crippen molar-refractivity contribution >= 4 is 81.2 Å². The number of nitrogens with zero attached hydrogens (tertiary/aromatic N) is 7. The number of carbonyl (C=O) groups excluding carboxylic acids is 5. The minimum absolute atomic E-state index is 0. The normalized spacial score (nSPS) is 13.4. The van der Waals surface area contributed by atoms with Gasteiger partial charge in [0.2, 0.25) is 11.5 Å². The molecule has 0 spiro atoms. The summed E-state index contributed by atoms with van der Waals surface area (Å²) in [5.74, 6) is -9.00. The third kappa shape index (κ3) is 25.6. The van der Waals surface area contributed by atoms with Gasteiger partial charge >= 0.3 is 53.7 Å². The molecule has 8 rings (SSSR count). The number of anilines is 4. The highest BCUT2D eigenvalue weighted by molar-refractivity contribution is 6.00. The van der Waals surface area contributed by atoms with Gasteiger partial charge in [-0.25, -0.2) is 34.3 Å². The molecule has 4 aromatic carbocycles. The SMILES string of the molecule is Nc1nc2ncc(CN(C(=O)C(F)(F)F)c3ccc(C(=O)O)cc3)nc2c(=O)[nH]1.[2H]c1c([2H])c(OC(C)(C)C)c([2H])c([2H])c1C[C@H](NC(=O)c1ccc(N(Cc2c[nH+]c3nc(N)[nH]c(=O)c3n2)C(=O)C(F)(F)F)cc1)C(=O)OC(C)(C)C.[2H]c1c([2H])c(OC(C)(C)C)c([2H])c([2H])c1C[C@H]([NH3+])C(=O)OC(C)(C)C.[Cl-].[Cl-]. The highest BCUT2D eigenvalue weighted by atomic mass is 35.5. The predicted molar refractivity (Wildman–Crippen MR) is 349 cm³/mol. The Morgan fingerprint density at radius 2 is 1.01 bits per heavy atom. The van der Waals surface area contributed by atoms with E-state index in [0.717, 1.165) is 60.9 Å². The number of fused-ring (bicyclic) bond motifs is 2. The van der Waals surface area contributed by atoms with Gasteiger partial charge in [-0.1, -0.05) is 24.2 Å². The Kier molecular flexibility index (Phi) is 23.4. The number of benzene rings is 4. The van der Waals surface area contributed by atoms with Gasteiger partial charge in [0.15, 0.2) is 17.2 Å². The molecule has 0 fully saturated rings. The van der Waals surface area contributed by atoms with Gasteiger partial charge in [-0.2, -0.15) is 31.3 Å². The van der Waals surface area contributed by atoms with E-state index in [4.69, 9.17) is 46.5 Å². The second kappa shape index (κ2) is 33.5. The number of alkyl halides is 6. The molecule has 0 bridgehead atoms. The van der Waals surface area contributed by atoms with Gasteiger partial charge in [-0.15, -0.1) is 0 Å². The second-order valence-corrected chi connectivity index (χ2v) is 25.4. The molecule has 101 heavy (non-hydrogen) atoms. The Bertz CT molecular complexity index is 4820. The number of nitrogens with one attached hydrogen (secondary N) is 4. The maximum atomic E-state index is 13.7. The molecule has 544 valence electrons. The first-order valence-electron chi connectivity index (χ1n) is 33.5. The summed E-state index contributed by atoms with van der Waals surface area (Å²) in [6.07, 6.45) is -8.90. The summed E-state index contributed by atoms with van der Waals surface area (Å²) in [6.45, 7) is 18.8. The average Bonchev–Trinajstić information content (AvgIpc) is 0.792. The van der Waals surface area contributed by atoms with Gasteiger partial charge in [0.1, 0.15) is 51.8 Å². The summed E-state index contributed by atoms with van der Waals surface area (Å²) in [4.78, 5) is 125. The van der Waals surface area contributed by atoms with Gasteiger partial charge in [0.05, 0.1) is 41.5 Å². The van der Waals surface area contributed by atoms with E-state index in [9.17, 15) is 64.7 Å². The molecular weight excluding hydrogens is 1380 g/mol. The van der Waals surface area contributed by atoms with Gasteiger partial charge < -0.3 is 71.4 Å². The number of aromatic carboxylic acids is 1. The third-order valence-electron chi connectivity index (χ3n) is 12.2. The summed E-state index contributed by atoms with van der Waals surface area (Å²) >= 11 is 0. The highest BCUT2D eigenvalue weighted by Crippen LogP contribution is 2.29. The van der Waals surface area contributed by atoms with E-state index < -0.39 is 137 Å². The largest absolute Gasteiger partial charge is 1.00 e. The Morgan fingerprint density at radius 3 is 1.46 bits per heavy atom. The van der Waals surface area contributed by atoms with Crippen LogP contribution in [0.25, 0.3) is 22.3 Å². The number of amides is 3. The zero-order chi connectivity index (χ0) is 80.9. The Balaban J connectivity index is 0.000000377. The molecule has 2 atom stereocenters. The van der Waals surface area contributed by atoms with E-state index in [0.29, 0.717) is 9.80 Å². The molecule has 0 aliphatic rings. The number of ether oxygens (including phenoxy) is 4. The van der Waals surface area contributed by atoms with Crippen molar-refractivity contribution in [3.63, 3.8) is 0 Å². The van der Waals surface area contributed by atoms with E-state index in [-0.39, 0.29) is 146 Å². The topological polar surface area (TPSA) is 402 Å². The Labute approximate surface area is 597 Å². The van der Waals surface area contributed by atoms with Crippen molar-refractivity contribution in [3.05, 3.63) is 164 Å². The number of quaternary nitrogens is 1. The van der Waals surface area contributed by atoms with Crippen LogP contribution in [0, 0.1) is 0 Å². The lowest BCUT2D eigenvalue weighted by molar-refractivity contribution is -0.409. The summed E-state index contributed by atoms with van der Waals surface area (Å²) in [5.41, 5.74) is 7.98. The highest BCUT2D eigenvalue weighted by Gasteiger charge is 2.45. The van der Waals surface area contributed by atoms with Crippen LogP contribution in [-0.2, 0) is 54.6 Å². The zero-order valence-corrected chi connectivity index (χ0v) is 57.6. The molecule has 4 heterocycles. The van der Waals surface area contributed by atoms with Crippen LogP contribution in [0.1, 0.15) is 137 Å². The van der Waals surface area contributed by atoms with Crippen molar-refractivity contribution in [2.45, 2.75) is 156 Å². The van der Waals surface area contributed by atoms with Gasteiger partial charge in [0.25, 0.3) is 17.0 Å². The molecule has 35 heteroatoms. The van der Waals surface area contributed by atoms with E-state index in [1.165, 1.54) is 0 Å². The van der Waals surface area contributed by atoms with Crippen molar-refractivity contribution in [1.82, 2.24) is 40.2 Å². The van der Waals surface area contributed by atoms with Crippen LogP contribution in [0.2, 0.25) is 0 Å². The standard InChI is InChI=1S/C33H36F3N7O6.C17H27NO3.C16H11F3N6O4.2ClH/c1-31(2,3)48-22-13-7-18(8-14-22)15-23(28(46)49-32(4,5)6)40-26(44)19-9-11-21(12-10-19)43(29(47)33(34,35)36)17-20-16-38-25-24(39-20)27(45)42-30(37)41-25;1-16(2,3)20-13-9-7-12(8-10-13)11-14(18)15(19)21-17(4,5)6;17-16(18,19)14(29)25(9-3-1-7(2-4-9)13(27)28)6-8-5-21-11-10(22-8)12(26)24-15(20)23-11;;/h7-14,16,23H,15,17H2,1-6H3,(H,40,44)(H3,37,38,41,42,45);7-10,14H,11,18H2,1-6H3;1-5H,6H2,(H,27,28)(H3,20,21,23,24,26);2*1H/t23-;14-;;;/m00.../s1/i7D,8D,13D,14D;7D,8D,9D,10D;;;. The number of nitrogens with two attached hydrogens (primary N) is 2. The number of carbonyl (C=O) groups is 6. The first-order chi connectivity index (χ1) is 49.1. The molecular formula is C66H76Cl2F6N14O13. The Morgan fingerprint density at radius 1 is 0.594 bits per heavy atom. The average molecular weight is 1470 g/mol. The van der Waals surface area contributed by atoms with Crippen LogP contribution >= 0.6 is 0 Å². The lowest BCUT2D eigenvalue weighted by Crippen LogP contribution is -3.00. The van der Waals surface area contributed by atoms with E-state index in [1.807, 2.05) is 0 Å².